The van der Waals surface area contributed by atoms with Crippen LogP contribution >= 0.6 is 23.2 Å². The molecule has 6 heteroatoms. The van der Waals surface area contributed by atoms with Crippen LogP contribution in [0.15, 0.2) is 12.1 Å². The molecule has 1 fully saturated rings. The molecule has 1 unspecified atom stereocenters. The second-order valence-electron chi connectivity index (χ2n) is 5.06. The third kappa shape index (κ3) is 3.59. The molecule has 1 amide bonds. The minimum Gasteiger partial charge on any atom is -0.334 e. The van der Waals surface area contributed by atoms with Gasteiger partial charge < -0.3 is 9.80 Å². The number of hydrogen-bond acceptors (Lipinski definition) is 3. The number of likely N-dealkylation sites (N-methyl/N-ethyl adjacent to an activating group) is 1. The lowest BCUT2D eigenvalue weighted by Gasteiger charge is -2.27. The van der Waals surface area contributed by atoms with E-state index in [1.165, 1.54) is 0 Å². The van der Waals surface area contributed by atoms with Crippen molar-refractivity contribution in [1.82, 2.24) is 14.8 Å². The Kier molecular flexibility index (Phi) is 4.66. The SMILES string of the molecule is CN(C)CC1CCCN1C(=O)c1cc(Cl)nc(Cl)c1. The zero-order valence-electron chi connectivity index (χ0n) is 11.1. The van der Waals surface area contributed by atoms with Crippen molar-refractivity contribution in [3.63, 3.8) is 0 Å². The summed E-state index contributed by atoms with van der Waals surface area (Å²) in [6, 6.07) is 3.40. The van der Waals surface area contributed by atoms with Gasteiger partial charge in [-0.2, -0.15) is 0 Å². The van der Waals surface area contributed by atoms with E-state index in [4.69, 9.17) is 23.2 Å². The molecule has 0 aliphatic carbocycles. The summed E-state index contributed by atoms with van der Waals surface area (Å²) >= 11 is 11.7. The fourth-order valence-corrected chi connectivity index (χ4v) is 2.93. The van der Waals surface area contributed by atoms with Crippen LogP contribution in [0, 0.1) is 0 Å². The maximum atomic E-state index is 12.5. The lowest BCUT2D eigenvalue weighted by Crippen LogP contribution is -2.41. The van der Waals surface area contributed by atoms with Crippen molar-refractivity contribution < 1.29 is 4.79 Å². The summed E-state index contributed by atoms with van der Waals surface area (Å²) in [5.74, 6) is -0.0180. The highest BCUT2D eigenvalue weighted by atomic mass is 35.5. The zero-order valence-corrected chi connectivity index (χ0v) is 12.6. The van der Waals surface area contributed by atoms with Gasteiger partial charge in [0.25, 0.3) is 5.91 Å². The van der Waals surface area contributed by atoms with Gasteiger partial charge >= 0.3 is 0 Å². The molecule has 0 bridgehead atoms. The Morgan fingerprint density at radius 2 is 2.05 bits per heavy atom. The van der Waals surface area contributed by atoms with Crippen molar-refractivity contribution >= 4 is 29.1 Å². The van der Waals surface area contributed by atoms with E-state index >= 15 is 0 Å². The van der Waals surface area contributed by atoms with Gasteiger partial charge in [-0.25, -0.2) is 4.98 Å². The highest BCUT2D eigenvalue weighted by molar-refractivity contribution is 6.33. The number of aromatic nitrogens is 1. The van der Waals surface area contributed by atoms with Crippen LogP contribution in [-0.2, 0) is 0 Å². The Balaban J connectivity index is 2.18. The highest BCUT2D eigenvalue weighted by Gasteiger charge is 2.29. The van der Waals surface area contributed by atoms with E-state index < -0.39 is 0 Å². The minimum atomic E-state index is -0.0180. The van der Waals surface area contributed by atoms with Crippen molar-refractivity contribution in [1.29, 1.82) is 0 Å². The molecule has 0 saturated carbocycles. The van der Waals surface area contributed by atoms with Gasteiger partial charge in [0.05, 0.1) is 0 Å². The van der Waals surface area contributed by atoms with Gasteiger partial charge in [0.15, 0.2) is 0 Å². The van der Waals surface area contributed by atoms with Crippen LogP contribution < -0.4 is 0 Å². The van der Waals surface area contributed by atoms with Gasteiger partial charge in [0, 0.05) is 24.7 Å². The Hall–Kier alpha value is -0.840. The quantitative estimate of drug-likeness (QED) is 0.805. The summed E-state index contributed by atoms with van der Waals surface area (Å²) in [6.07, 6.45) is 2.08. The maximum absolute atomic E-state index is 12.5. The van der Waals surface area contributed by atoms with Crippen LogP contribution in [0.1, 0.15) is 23.2 Å². The first-order valence-electron chi connectivity index (χ1n) is 6.26. The van der Waals surface area contributed by atoms with E-state index in [1.54, 1.807) is 12.1 Å². The van der Waals surface area contributed by atoms with E-state index in [9.17, 15) is 4.79 Å². The minimum absolute atomic E-state index is 0.0180. The largest absolute Gasteiger partial charge is 0.334 e. The number of hydrogen-bond donors (Lipinski definition) is 0. The van der Waals surface area contributed by atoms with Crippen LogP contribution in [-0.4, -0.2) is 53.9 Å². The third-order valence-corrected chi connectivity index (χ3v) is 3.61. The first-order valence-corrected chi connectivity index (χ1v) is 7.02. The first-order chi connectivity index (χ1) is 8.97. The van der Waals surface area contributed by atoms with Crippen LogP contribution in [0.5, 0.6) is 0 Å². The molecular formula is C13H17Cl2N3O. The second kappa shape index (κ2) is 6.07. The van der Waals surface area contributed by atoms with E-state index in [0.29, 0.717) is 5.56 Å². The van der Waals surface area contributed by atoms with Crippen molar-refractivity contribution in [3.8, 4) is 0 Å². The van der Waals surface area contributed by atoms with Crippen molar-refractivity contribution in [3.05, 3.63) is 28.0 Å². The van der Waals surface area contributed by atoms with Crippen molar-refractivity contribution in [2.45, 2.75) is 18.9 Å². The van der Waals surface area contributed by atoms with Crippen LogP contribution in [0.4, 0.5) is 0 Å². The van der Waals surface area contributed by atoms with Crippen molar-refractivity contribution in [2.24, 2.45) is 0 Å². The number of nitrogens with zero attached hydrogens (tertiary/aromatic N) is 3. The molecule has 0 spiro atoms. The second-order valence-corrected chi connectivity index (χ2v) is 5.83. The number of pyridine rings is 1. The number of halogens is 2. The number of carbonyl (C=O) groups is 1. The average molecular weight is 302 g/mol. The fraction of sp³-hybridized carbons (Fsp3) is 0.538. The number of amides is 1. The summed E-state index contributed by atoms with van der Waals surface area (Å²) in [7, 11) is 4.03. The molecule has 4 nitrogen and oxygen atoms in total. The van der Waals surface area contributed by atoms with E-state index in [1.807, 2.05) is 19.0 Å². The number of carbonyl (C=O) groups excluding carboxylic acids is 1. The molecule has 1 aromatic heterocycles. The van der Waals surface area contributed by atoms with Gasteiger partial charge in [0.2, 0.25) is 0 Å². The summed E-state index contributed by atoms with van der Waals surface area (Å²) in [6.45, 7) is 1.66. The first kappa shape index (κ1) is 14.6. The molecule has 1 atom stereocenters. The van der Waals surface area contributed by atoms with Gasteiger partial charge in [-0.15, -0.1) is 0 Å². The lowest BCUT2D eigenvalue weighted by molar-refractivity contribution is 0.0716. The standard InChI is InChI=1S/C13H17Cl2N3O/c1-17(2)8-10-4-3-5-18(10)13(19)9-6-11(14)16-12(15)7-9/h6-7,10H,3-5,8H2,1-2H3. The molecule has 1 aliphatic heterocycles. The van der Waals surface area contributed by atoms with Gasteiger partial charge in [-0.05, 0) is 39.1 Å². The Bertz CT molecular complexity index is 459. The molecule has 1 aromatic rings. The zero-order chi connectivity index (χ0) is 14.0. The molecule has 0 N–H and O–H groups in total. The summed E-state index contributed by atoms with van der Waals surface area (Å²) < 4.78 is 0. The lowest BCUT2D eigenvalue weighted by atomic mass is 10.2. The smallest absolute Gasteiger partial charge is 0.254 e. The number of rotatable bonds is 3. The van der Waals surface area contributed by atoms with Crippen LogP contribution in [0.2, 0.25) is 10.3 Å². The Morgan fingerprint density at radius 1 is 1.42 bits per heavy atom. The number of likely N-dealkylation sites (tertiary alicyclic amines) is 1. The molecular weight excluding hydrogens is 285 g/mol. The Morgan fingerprint density at radius 3 is 2.63 bits per heavy atom. The molecule has 0 aromatic carbocycles. The monoisotopic (exact) mass is 301 g/mol. The van der Waals surface area contributed by atoms with E-state index in [2.05, 4.69) is 9.88 Å². The molecule has 1 aliphatic rings. The van der Waals surface area contributed by atoms with E-state index in [-0.39, 0.29) is 22.3 Å². The van der Waals surface area contributed by atoms with Gasteiger partial charge in [-0.1, -0.05) is 23.2 Å². The van der Waals surface area contributed by atoms with Crippen LogP contribution in [0.25, 0.3) is 0 Å². The van der Waals surface area contributed by atoms with Gasteiger partial charge in [-0.3, -0.25) is 4.79 Å². The topological polar surface area (TPSA) is 36.4 Å². The van der Waals surface area contributed by atoms with Crippen LogP contribution in [0.3, 0.4) is 0 Å². The normalized spacial score (nSPS) is 19.2. The molecule has 0 radical (unpaired) electrons. The fourth-order valence-electron chi connectivity index (χ4n) is 2.47. The summed E-state index contributed by atoms with van der Waals surface area (Å²) in [5.41, 5.74) is 0.510. The van der Waals surface area contributed by atoms with E-state index in [0.717, 1.165) is 25.9 Å². The maximum Gasteiger partial charge on any atom is 0.254 e. The average Bonchev–Trinajstić information content (AvgIpc) is 2.73. The third-order valence-electron chi connectivity index (χ3n) is 3.22. The molecule has 104 valence electrons. The molecule has 2 rings (SSSR count). The summed E-state index contributed by atoms with van der Waals surface area (Å²) in [4.78, 5) is 20.4. The molecule has 19 heavy (non-hydrogen) atoms. The highest BCUT2D eigenvalue weighted by Crippen LogP contribution is 2.23. The molecule has 2 heterocycles. The Labute approximate surface area is 123 Å². The van der Waals surface area contributed by atoms with Gasteiger partial charge in [0.1, 0.15) is 10.3 Å². The molecule has 1 saturated heterocycles. The predicted octanol–water partition coefficient (Wildman–Crippen LogP) is 2.55. The summed E-state index contributed by atoms with van der Waals surface area (Å²) in [5, 5.41) is 0.499. The van der Waals surface area contributed by atoms with Crippen molar-refractivity contribution in [2.75, 3.05) is 27.2 Å². The predicted molar refractivity (Wildman–Crippen MR) is 76.9 cm³/mol.